The summed E-state index contributed by atoms with van der Waals surface area (Å²) < 4.78 is 5.32. The first-order valence-electron chi connectivity index (χ1n) is 5.38. The Balaban J connectivity index is 2.15. The van der Waals surface area contributed by atoms with Crippen LogP contribution in [0.5, 0.6) is 0 Å². The molecule has 0 radical (unpaired) electrons. The molecule has 1 fully saturated rings. The molecule has 2 nitrogen and oxygen atoms in total. The molecular weight excluding hydrogens is 196 g/mol. The first-order valence-corrected chi connectivity index (χ1v) is 6.43. The van der Waals surface area contributed by atoms with E-state index in [-0.39, 0.29) is 0 Å². The smallest absolute Gasteiger partial charge is 0.100 e. The lowest BCUT2D eigenvalue weighted by Crippen LogP contribution is -2.44. The Morgan fingerprint density at radius 1 is 1.57 bits per heavy atom. The van der Waals surface area contributed by atoms with E-state index in [1.807, 2.05) is 11.8 Å². The standard InChI is InChI=1S/C11H18O2S/c1-9-11(12,5-3-7-14-9)10-4-2-6-13-8-10/h8-9,12H,2-7H2,1H3. The number of hydrogen-bond donors (Lipinski definition) is 1. The van der Waals surface area contributed by atoms with Gasteiger partial charge >= 0.3 is 0 Å². The average Bonchev–Trinajstić information content (AvgIpc) is 2.24. The average molecular weight is 214 g/mol. The predicted octanol–water partition coefficient (Wildman–Crippen LogP) is 2.33. The topological polar surface area (TPSA) is 29.5 Å². The Morgan fingerprint density at radius 3 is 3.07 bits per heavy atom. The second-order valence-electron chi connectivity index (χ2n) is 4.16. The summed E-state index contributed by atoms with van der Waals surface area (Å²) in [5.74, 6) is 1.18. The first kappa shape index (κ1) is 10.4. The van der Waals surface area contributed by atoms with E-state index in [0.717, 1.165) is 37.9 Å². The highest BCUT2D eigenvalue weighted by Crippen LogP contribution is 2.41. The van der Waals surface area contributed by atoms with Crippen molar-refractivity contribution in [3.63, 3.8) is 0 Å². The summed E-state index contributed by atoms with van der Waals surface area (Å²) in [4.78, 5) is 0. The molecule has 80 valence electrons. The summed E-state index contributed by atoms with van der Waals surface area (Å²) in [5.41, 5.74) is 0.520. The summed E-state index contributed by atoms with van der Waals surface area (Å²) in [6.07, 6.45) is 5.86. The van der Waals surface area contributed by atoms with Gasteiger partial charge in [0.1, 0.15) is 5.60 Å². The number of hydrogen-bond acceptors (Lipinski definition) is 3. The van der Waals surface area contributed by atoms with E-state index < -0.39 is 5.60 Å². The van der Waals surface area contributed by atoms with Gasteiger partial charge in [-0.3, -0.25) is 0 Å². The molecular formula is C11H18O2S. The summed E-state index contributed by atoms with van der Waals surface area (Å²) in [7, 11) is 0. The summed E-state index contributed by atoms with van der Waals surface area (Å²) in [6.45, 7) is 2.93. The Kier molecular flexibility index (Phi) is 3.07. The van der Waals surface area contributed by atoms with Crippen molar-refractivity contribution in [1.82, 2.24) is 0 Å². The quantitative estimate of drug-likeness (QED) is 0.726. The Labute approximate surface area is 89.7 Å². The van der Waals surface area contributed by atoms with Crippen LogP contribution in [0.2, 0.25) is 0 Å². The van der Waals surface area contributed by atoms with Gasteiger partial charge in [0.25, 0.3) is 0 Å². The van der Waals surface area contributed by atoms with E-state index >= 15 is 0 Å². The fraction of sp³-hybridized carbons (Fsp3) is 0.818. The SMILES string of the molecule is CC1SCCCC1(O)C1=COCCC1. The molecule has 0 aromatic rings. The minimum atomic E-state index is -0.594. The molecule has 1 N–H and O–H groups in total. The maximum atomic E-state index is 10.6. The van der Waals surface area contributed by atoms with Crippen molar-refractivity contribution in [3.8, 4) is 0 Å². The minimum absolute atomic E-state index is 0.309. The molecule has 2 unspecified atom stereocenters. The van der Waals surface area contributed by atoms with Crippen molar-refractivity contribution >= 4 is 11.8 Å². The molecule has 3 heteroatoms. The van der Waals surface area contributed by atoms with E-state index in [9.17, 15) is 5.11 Å². The van der Waals surface area contributed by atoms with Gasteiger partial charge in [-0.1, -0.05) is 6.92 Å². The van der Waals surface area contributed by atoms with E-state index in [1.54, 1.807) is 6.26 Å². The molecule has 0 saturated carbocycles. The molecule has 0 aliphatic carbocycles. The van der Waals surface area contributed by atoms with Crippen molar-refractivity contribution in [3.05, 3.63) is 11.8 Å². The van der Waals surface area contributed by atoms with Crippen LogP contribution >= 0.6 is 11.8 Å². The predicted molar refractivity (Wildman–Crippen MR) is 59.4 cm³/mol. The van der Waals surface area contributed by atoms with Gasteiger partial charge in [-0.25, -0.2) is 0 Å². The Hall–Kier alpha value is -0.150. The van der Waals surface area contributed by atoms with Crippen molar-refractivity contribution in [2.75, 3.05) is 12.4 Å². The highest BCUT2D eigenvalue weighted by Gasteiger charge is 2.40. The molecule has 0 aromatic carbocycles. The molecule has 2 rings (SSSR count). The largest absolute Gasteiger partial charge is 0.501 e. The van der Waals surface area contributed by atoms with Crippen LogP contribution < -0.4 is 0 Å². The molecule has 2 aliphatic heterocycles. The number of thioether (sulfide) groups is 1. The van der Waals surface area contributed by atoms with Crippen molar-refractivity contribution in [2.45, 2.75) is 43.5 Å². The fourth-order valence-corrected chi connectivity index (χ4v) is 3.46. The van der Waals surface area contributed by atoms with Crippen molar-refractivity contribution < 1.29 is 9.84 Å². The number of ether oxygens (including phenoxy) is 1. The zero-order chi connectivity index (χ0) is 10.0. The van der Waals surface area contributed by atoms with Crippen LogP contribution in [0.3, 0.4) is 0 Å². The molecule has 14 heavy (non-hydrogen) atoms. The van der Waals surface area contributed by atoms with E-state index in [2.05, 4.69) is 6.92 Å². The molecule has 2 aliphatic rings. The monoisotopic (exact) mass is 214 g/mol. The van der Waals surface area contributed by atoms with E-state index in [1.165, 1.54) is 5.75 Å². The first-order chi connectivity index (χ1) is 6.73. The van der Waals surface area contributed by atoms with Gasteiger partial charge in [0.05, 0.1) is 12.9 Å². The fourth-order valence-electron chi connectivity index (χ4n) is 2.25. The van der Waals surface area contributed by atoms with Crippen LogP contribution in [0.25, 0.3) is 0 Å². The Morgan fingerprint density at radius 2 is 2.43 bits per heavy atom. The van der Waals surface area contributed by atoms with Gasteiger partial charge in [0, 0.05) is 5.25 Å². The Bertz CT molecular complexity index is 239. The maximum absolute atomic E-state index is 10.6. The van der Waals surface area contributed by atoms with Crippen molar-refractivity contribution in [1.29, 1.82) is 0 Å². The third-order valence-corrected chi connectivity index (χ3v) is 4.65. The summed E-state index contributed by atoms with van der Waals surface area (Å²) in [6, 6.07) is 0. The highest BCUT2D eigenvalue weighted by atomic mass is 32.2. The van der Waals surface area contributed by atoms with Crippen LogP contribution in [0.1, 0.15) is 32.6 Å². The highest BCUT2D eigenvalue weighted by molar-refractivity contribution is 8.00. The van der Waals surface area contributed by atoms with Gasteiger partial charge in [-0.05, 0) is 37.0 Å². The van der Waals surface area contributed by atoms with Crippen LogP contribution in [0.15, 0.2) is 11.8 Å². The molecule has 0 aromatic heterocycles. The minimum Gasteiger partial charge on any atom is -0.501 e. The lowest BCUT2D eigenvalue weighted by molar-refractivity contribution is 0.0519. The lowest BCUT2D eigenvalue weighted by atomic mass is 9.83. The summed E-state index contributed by atoms with van der Waals surface area (Å²) >= 11 is 1.87. The van der Waals surface area contributed by atoms with Gasteiger partial charge < -0.3 is 9.84 Å². The van der Waals surface area contributed by atoms with Crippen LogP contribution in [0, 0.1) is 0 Å². The van der Waals surface area contributed by atoms with Crippen LogP contribution in [-0.4, -0.2) is 28.3 Å². The molecule has 2 heterocycles. The second kappa shape index (κ2) is 4.15. The normalized spacial score (nSPS) is 38.7. The molecule has 0 spiro atoms. The number of aliphatic hydroxyl groups is 1. The number of rotatable bonds is 1. The van der Waals surface area contributed by atoms with Crippen LogP contribution in [-0.2, 0) is 4.74 Å². The van der Waals surface area contributed by atoms with Gasteiger partial charge in [-0.2, -0.15) is 11.8 Å². The maximum Gasteiger partial charge on any atom is 0.100 e. The zero-order valence-corrected chi connectivity index (χ0v) is 9.48. The third kappa shape index (κ3) is 1.80. The third-order valence-electron chi connectivity index (χ3n) is 3.23. The van der Waals surface area contributed by atoms with E-state index in [0.29, 0.717) is 5.25 Å². The lowest BCUT2D eigenvalue weighted by Gasteiger charge is -2.40. The molecule has 2 atom stereocenters. The van der Waals surface area contributed by atoms with Crippen molar-refractivity contribution in [2.24, 2.45) is 0 Å². The van der Waals surface area contributed by atoms with Gasteiger partial charge in [0.15, 0.2) is 0 Å². The zero-order valence-electron chi connectivity index (χ0n) is 8.66. The molecule has 0 bridgehead atoms. The van der Waals surface area contributed by atoms with Gasteiger partial charge in [-0.15, -0.1) is 0 Å². The molecule has 1 saturated heterocycles. The van der Waals surface area contributed by atoms with Crippen LogP contribution in [0.4, 0.5) is 0 Å². The second-order valence-corrected chi connectivity index (χ2v) is 5.61. The summed E-state index contributed by atoms with van der Waals surface area (Å²) in [5, 5.41) is 10.9. The van der Waals surface area contributed by atoms with Gasteiger partial charge in [0.2, 0.25) is 0 Å². The van der Waals surface area contributed by atoms with E-state index in [4.69, 9.17) is 4.74 Å². The molecule has 0 amide bonds.